The smallest absolute Gasteiger partial charge is 0.251 e. The summed E-state index contributed by atoms with van der Waals surface area (Å²) in [6, 6.07) is 1.67. The molecule has 2 rings (SSSR count). The van der Waals surface area contributed by atoms with Crippen molar-refractivity contribution < 1.29 is 0 Å². The lowest BCUT2D eigenvalue weighted by Crippen LogP contribution is -2.14. The molecule has 0 aliphatic rings. The van der Waals surface area contributed by atoms with Gasteiger partial charge in [0.1, 0.15) is 10.7 Å². The van der Waals surface area contributed by atoms with E-state index in [4.69, 9.17) is 18.0 Å². The molecule has 0 saturated heterocycles. The summed E-state index contributed by atoms with van der Waals surface area (Å²) >= 11 is 6.99. The molecule has 76 valence electrons. The lowest BCUT2D eigenvalue weighted by Gasteiger charge is -2.00. The molecule has 2 heterocycles. The Bertz CT molecular complexity index is 509. The Morgan fingerprint density at radius 2 is 2.33 bits per heavy atom. The number of thiocarbonyl (C=S) groups is 1. The van der Waals surface area contributed by atoms with Crippen molar-refractivity contribution in [2.24, 2.45) is 5.73 Å². The number of hydrogen-bond donors (Lipinski definition) is 1. The van der Waals surface area contributed by atoms with E-state index in [1.807, 2.05) is 6.20 Å². The normalized spacial score (nSPS) is 10.2. The number of hydrogen-bond acceptors (Lipinski definition) is 4. The van der Waals surface area contributed by atoms with Gasteiger partial charge in [0.05, 0.1) is 9.77 Å². The summed E-state index contributed by atoms with van der Waals surface area (Å²) in [6.45, 7) is 0. The second-order valence-electron chi connectivity index (χ2n) is 2.71. The van der Waals surface area contributed by atoms with Gasteiger partial charge in [0.15, 0.2) is 0 Å². The van der Waals surface area contributed by atoms with Crippen LogP contribution >= 0.6 is 34.8 Å². The fraction of sp³-hybridized carbons (Fsp3) is 0. The minimum absolute atomic E-state index is 0.250. The van der Waals surface area contributed by atoms with Gasteiger partial charge in [-0.15, -0.1) is 0 Å². The van der Waals surface area contributed by atoms with Crippen molar-refractivity contribution in [1.82, 2.24) is 19.7 Å². The highest BCUT2D eigenvalue weighted by atomic mass is 127. The lowest BCUT2D eigenvalue weighted by atomic mass is 10.4. The maximum absolute atomic E-state index is 5.48. The lowest BCUT2D eigenvalue weighted by molar-refractivity contribution is 0.806. The Morgan fingerprint density at radius 1 is 1.53 bits per heavy atom. The molecule has 0 aliphatic heterocycles. The summed E-state index contributed by atoms with van der Waals surface area (Å²) < 4.78 is 2.58. The third-order valence-corrected chi connectivity index (χ3v) is 2.42. The summed E-state index contributed by atoms with van der Waals surface area (Å²) in [5.41, 5.74) is 6.02. The van der Waals surface area contributed by atoms with Crippen LogP contribution in [0.4, 0.5) is 0 Å². The van der Waals surface area contributed by atoms with E-state index in [1.54, 1.807) is 23.1 Å². The van der Waals surface area contributed by atoms with Gasteiger partial charge in [-0.05, 0) is 28.7 Å². The van der Waals surface area contributed by atoms with E-state index < -0.39 is 0 Å². The first-order valence-corrected chi connectivity index (χ1v) is 5.49. The first kappa shape index (κ1) is 10.4. The van der Waals surface area contributed by atoms with Crippen LogP contribution in [-0.2, 0) is 0 Å². The predicted molar refractivity (Wildman–Crippen MR) is 67.8 cm³/mol. The first-order chi connectivity index (χ1) is 7.16. The molecule has 0 amide bonds. The maximum Gasteiger partial charge on any atom is 0.251 e. The maximum atomic E-state index is 5.48. The number of nitrogens with two attached hydrogens (primary N) is 1. The van der Waals surface area contributed by atoms with Crippen molar-refractivity contribution in [3.63, 3.8) is 0 Å². The molecule has 0 aliphatic carbocycles. The largest absolute Gasteiger partial charge is 0.388 e. The SMILES string of the molecule is NC(=S)c1ccnc(-n2cc(I)cn2)n1. The van der Waals surface area contributed by atoms with E-state index in [-0.39, 0.29) is 4.99 Å². The van der Waals surface area contributed by atoms with Crippen molar-refractivity contribution in [2.45, 2.75) is 0 Å². The van der Waals surface area contributed by atoms with Crippen LogP contribution in [-0.4, -0.2) is 24.7 Å². The van der Waals surface area contributed by atoms with Gasteiger partial charge in [-0.25, -0.2) is 14.6 Å². The van der Waals surface area contributed by atoms with E-state index >= 15 is 0 Å². The minimum Gasteiger partial charge on any atom is -0.388 e. The fourth-order valence-electron chi connectivity index (χ4n) is 1.01. The molecule has 2 aromatic rings. The van der Waals surface area contributed by atoms with E-state index in [0.717, 1.165) is 3.57 Å². The number of aromatic nitrogens is 4. The summed E-state index contributed by atoms with van der Waals surface area (Å²) in [5, 5.41) is 4.09. The monoisotopic (exact) mass is 331 g/mol. The Labute approximate surface area is 105 Å². The summed E-state index contributed by atoms with van der Waals surface area (Å²) in [5.74, 6) is 0.461. The van der Waals surface area contributed by atoms with Crippen LogP contribution in [0, 0.1) is 3.57 Å². The van der Waals surface area contributed by atoms with Gasteiger partial charge in [0, 0.05) is 12.4 Å². The first-order valence-electron chi connectivity index (χ1n) is 4.00. The minimum atomic E-state index is 0.250. The van der Waals surface area contributed by atoms with Gasteiger partial charge in [-0.1, -0.05) is 12.2 Å². The standard InChI is InChI=1S/C8H6IN5S/c9-5-3-12-14(4-5)8-11-2-1-6(13-8)7(10)15/h1-4H,(H2,10,15). The van der Waals surface area contributed by atoms with E-state index in [0.29, 0.717) is 11.6 Å². The zero-order chi connectivity index (χ0) is 10.8. The molecule has 0 radical (unpaired) electrons. The van der Waals surface area contributed by atoms with Gasteiger partial charge < -0.3 is 5.73 Å². The van der Waals surface area contributed by atoms with E-state index in [9.17, 15) is 0 Å². The van der Waals surface area contributed by atoms with E-state index in [1.165, 1.54) is 0 Å². The second kappa shape index (κ2) is 4.19. The quantitative estimate of drug-likeness (QED) is 0.654. The second-order valence-corrected chi connectivity index (χ2v) is 4.39. The van der Waals surface area contributed by atoms with Gasteiger partial charge in [0.25, 0.3) is 5.95 Å². The predicted octanol–water partition coefficient (Wildman–Crippen LogP) is 0.901. The molecule has 0 aromatic carbocycles. The van der Waals surface area contributed by atoms with Crippen molar-refractivity contribution in [2.75, 3.05) is 0 Å². The highest BCUT2D eigenvalue weighted by molar-refractivity contribution is 14.1. The molecule has 0 atom stereocenters. The van der Waals surface area contributed by atoms with Gasteiger partial charge in [-0.2, -0.15) is 5.10 Å². The molecule has 0 saturated carbocycles. The average Bonchev–Trinajstić information content (AvgIpc) is 2.65. The van der Waals surface area contributed by atoms with Gasteiger partial charge >= 0.3 is 0 Å². The molecular formula is C8H6IN5S. The van der Waals surface area contributed by atoms with Crippen LogP contribution in [0.3, 0.4) is 0 Å². The molecule has 0 spiro atoms. The Morgan fingerprint density at radius 3 is 2.93 bits per heavy atom. The third-order valence-electron chi connectivity index (χ3n) is 1.65. The van der Waals surface area contributed by atoms with Crippen LogP contribution in [0.25, 0.3) is 5.95 Å². The van der Waals surface area contributed by atoms with Crippen LogP contribution in [0.15, 0.2) is 24.7 Å². The molecule has 5 nitrogen and oxygen atoms in total. The molecule has 0 fully saturated rings. The zero-order valence-electron chi connectivity index (χ0n) is 7.46. The molecule has 7 heteroatoms. The molecular weight excluding hydrogens is 325 g/mol. The Balaban J connectivity index is 2.45. The van der Waals surface area contributed by atoms with Crippen LogP contribution in [0.5, 0.6) is 0 Å². The summed E-state index contributed by atoms with van der Waals surface area (Å²) in [6.07, 6.45) is 5.14. The highest BCUT2D eigenvalue weighted by Gasteiger charge is 2.04. The third kappa shape index (κ3) is 2.29. The molecule has 2 N–H and O–H groups in total. The highest BCUT2D eigenvalue weighted by Crippen LogP contribution is 2.05. The summed E-state index contributed by atoms with van der Waals surface area (Å²) in [4.78, 5) is 8.50. The number of nitrogens with zero attached hydrogens (tertiary/aromatic N) is 4. The molecule has 2 aromatic heterocycles. The summed E-state index contributed by atoms with van der Waals surface area (Å²) in [7, 11) is 0. The zero-order valence-corrected chi connectivity index (χ0v) is 10.4. The van der Waals surface area contributed by atoms with Crippen molar-refractivity contribution >= 4 is 39.8 Å². The number of rotatable bonds is 2. The van der Waals surface area contributed by atoms with Crippen molar-refractivity contribution in [3.05, 3.63) is 33.9 Å². The molecule has 15 heavy (non-hydrogen) atoms. The van der Waals surface area contributed by atoms with Gasteiger partial charge in [0.2, 0.25) is 0 Å². The number of halogens is 1. The van der Waals surface area contributed by atoms with Crippen molar-refractivity contribution in [3.8, 4) is 5.95 Å². The van der Waals surface area contributed by atoms with Crippen molar-refractivity contribution in [1.29, 1.82) is 0 Å². The molecule has 0 bridgehead atoms. The van der Waals surface area contributed by atoms with Crippen LogP contribution in [0.1, 0.15) is 5.69 Å². The van der Waals surface area contributed by atoms with Crippen LogP contribution < -0.4 is 5.73 Å². The van der Waals surface area contributed by atoms with Crippen LogP contribution in [0.2, 0.25) is 0 Å². The Hall–Kier alpha value is -1.09. The van der Waals surface area contributed by atoms with Gasteiger partial charge in [-0.3, -0.25) is 0 Å². The topological polar surface area (TPSA) is 69.6 Å². The average molecular weight is 331 g/mol. The molecule has 0 unspecified atom stereocenters. The Kier molecular flexibility index (Phi) is 2.91. The fourth-order valence-corrected chi connectivity index (χ4v) is 1.51. The van der Waals surface area contributed by atoms with E-state index in [2.05, 4.69) is 37.7 Å².